The van der Waals surface area contributed by atoms with E-state index in [1.54, 1.807) is 38.1 Å². The Morgan fingerprint density at radius 1 is 1.04 bits per heavy atom. The first-order chi connectivity index (χ1) is 24.3. The van der Waals surface area contributed by atoms with E-state index in [9.17, 15) is 29.7 Å². The Bertz CT molecular complexity index is 1440. The van der Waals surface area contributed by atoms with Crippen molar-refractivity contribution in [1.29, 1.82) is 0 Å². The SMILES string of the molecule is COC(=O)/C=C1\C[C@H]2C[C@H](CO)OC(=O)C[C@H](O)C[C@@H]3CCC[C@H](C[C@@H]4CCO[C@H](/C=C\C(C)(C)[C@](O)(O2)[C@H]1OC(=O)c1cccc(N)c1)O4)O3. The van der Waals surface area contributed by atoms with Gasteiger partial charge in [-0.1, -0.05) is 26.0 Å². The van der Waals surface area contributed by atoms with Crippen LogP contribution in [0.1, 0.15) is 82.0 Å². The smallest absolute Gasteiger partial charge is 0.339 e. The number of benzene rings is 1. The third kappa shape index (κ3) is 9.95. The molecule has 14 nitrogen and oxygen atoms in total. The predicted molar refractivity (Wildman–Crippen MR) is 181 cm³/mol. The molecule has 4 aliphatic heterocycles. The molecule has 6 bridgehead atoms. The lowest BCUT2D eigenvalue weighted by Crippen LogP contribution is -2.62. The third-order valence-corrected chi connectivity index (χ3v) is 9.92. The van der Waals surface area contributed by atoms with Gasteiger partial charge in [-0.2, -0.15) is 0 Å². The highest BCUT2D eigenvalue weighted by Crippen LogP contribution is 2.47. The number of fused-ring (bicyclic) bond motifs is 6. The Labute approximate surface area is 297 Å². The van der Waals surface area contributed by atoms with Gasteiger partial charge in [-0.15, -0.1) is 0 Å². The van der Waals surface area contributed by atoms with E-state index < -0.39 is 66.4 Å². The fraction of sp³-hybridized carbons (Fsp3) is 0.649. The largest absolute Gasteiger partial charge is 0.466 e. The summed E-state index contributed by atoms with van der Waals surface area (Å²) in [6.45, 7) is 3.17. The van der Waals surface area contributed by atoms with Crippen molar-refractivity contribution < 1.29 is 62.9 Å². The van der Waals surface area contributed by atoms with Crippen LogP contribution in [-0.2, 0) is 42.7 Å². The zero-order valence-corrected chi connectivity index (χ0v) is 29.4. The number of aliphatic hydroxyl groups excluding tert-OH is 2. The topological polar surface area (TPSA) is 203 Å². The molecule has 282 valence electrons. The monoisotopic (exact) mass is 717 g/mol. The number of hydrogen-bond acceptors (Lipinski definition) is 14. The molecule has 14 heteroatoms. The molecular weight excluding hydrogens is 666 g/mol. The standard InChI is InChI=1S/C37H51NO13/c1-36(2)12-10-33-46-13-11-28(49-33)19-27-9-5-8-26(47-27)17-25(40)18-32(42)48-30(21-39)20-29-15-23(16-31(41)45-3)34(37(36,44)51-29)50-35(43)22-6-4-7-24(38)14-22/h4,6-7,10,12,14,16,25-30,33-34,39-40,44H,5,8-9,11,13,15,17-21,38H2,1-3H3/b12-10-,23-16+/t25-,26+,27-,28+,29+,30-,33+,34+,37-/m1/s1. The van der Waals surface area contributed by atoms with Crippen molar-refractivity contribution in [1.82, 2.24) is 0 Å². The summed E-state index contributed by atoms with van der Waals surface area (Å²) in [7, 11) is 1.19. The molecular formula is C37H51NO13. The lowest BCUT2D eigenvalue weighted by atomic mass is 9.74. The van der Waals surface area contributed by atoms with Crippen molar-refractivity contribution in [2.45, 2.75) is 126 Å². The fourth-order valence-electron chi connectivity index (χ4n) is 7.15. The fourth-order valence-corrected chi connectivity index (χ4v) is 7.15. The van der Waals surface area contributed by atoms with Crippen LogP contribution in [0.15, 0.2) is 48.1 Å². The first-order valence-corrected chi connectivity index (χ1v) is 17.6. The van der Waals surface area contributed by atoms with Crippen molar-refractivity contribution in [2.75, 3.05) is 26.1 Å². The van der Waals surface area contributed by atoms with E-state index in [1.807, 2.05) is 0 Å². The predicted octanol–water partition coefficient (Wildman–Crippen LogP) is 2.86. The van der Waals surface area contributed by atoms with E-state index >= 15 is 0 Å². The first kappa shape index (κ1) is 38.9. The summed E-state index contributed by atoms with van der Waals surface area (Å²) in [5, 5.41) is 33.7. The summed E-state index contributed by atoms with van der Waals surface area (Å²) in [6, 6.07) is 6.11. The minimum atomic E-state index is -2.34. The van der Waals surface area contributed by atoms with Gasteiger partial charge in [0.25, 0.3) is 0 Å². The molecule has 0 radical (unpaired) electrons. The number of ether oxygens (including phenoxy) is 7. The van der Waals surface area contributed by atoms with E-state index in [2.05, 4.69) is 0 Å². The van der Waals surface area contributed by atoms with E-state index in [-0.39, 0.29) is 55.1 Å². The van der Waals surface area contributed by atoms with Crippen molar-refractivity contribution in [3.8, 4) is 0 Å². The Morgan fingerprint density at radius 3 is 2.51 bits per heavy atom. The molecule has 0 amide bonds. The highest BCUT2D eigenvalue weighted by atomic mass is 16.7. The maximum absolute atomic E-state index is 13.5. The van der Waals surface area contributed by atoms with E-state index in [0.29, 0.717) is 25.1 Å². The number of esters is 3. The second-order valence-corrected chi connectivity index (χ2v) is 14.3. The maximum atomic E-state index is 13.5. The van der Waals surface area contributed by atoms with Gasteiger partial charge < -0.3 is 54.2 Å². The number of nitrogen functional groups attached to an aromatic ring is 1. The number of anilines is 1. The quantitative estimate of drug-likeness (QED) is 0.116. The lowest BCUT2D eigenvalue weighted by Gasteiger charge is -2.51. The molecule has 1 aromatic carbocycles. The van der Waals surface area contributed by atoms with Crippen LogP contribution in [-0.4, -0.2) is 108 Å². The molecule has 5 N–H and O–H groups in total. The summed E-state index contributed by atoms with van der Waals surface area (Å²) in [5.41, 5.74) is 5.14. The molecule has 4 aliphatic rings. The molecule has 3 fully saturated rings. The number of hydrogen-bond donors (Lipinski definition) is 4. The van der Waals surface area contributed by atoms with Crippen LogP contribution in [0.4, 0.5) is 5.69 Å². The lowest BCUT2D eigenvalue weighted by molar-refractivity contribution is -0.324. The number of cyclic esters (lactones) is 1. The molecule has 0 saturated carbocycles. The number of nitrogens with two attached hydrogens (primary N) is 1. The van der Waals surface area contributed by atoms with Crippen molar-refractivity contribution >= 4 is 23.6 Å². The number of carbonyl (C=O) groups is 3. The second-order valence-electron chi connectivity index (χ2n) is 14.3. The van der Waals surface area contributed by atoms with Gasteiger partial charge in [-0.05, 0) is 68.4 Å². The van der Waals surface area contributed by atoms with Crippen LogP contribution in [0.2, 0.25) is 0 Å². The third-order valence-electron chi connectivity index (χ3n) is 9.92. The number of aliphatic hydroxyl groups is 3. The summed E-state index contributed by atoms with van der Waals surface area (Å²) in [4.78, 5) is 39.2. The number of rotatable bonds is 4. The average Bonchev–Trinajstić information content (AvgIpc) is 3.08. The minimum absolute atomic E-state index is 0.0700. The Balaban J connectivity index is 1.52. The van der Waals surface area contributed by atoms with Crippen LogP contribution >= 0.6 is 0 Å². The van der Waals surface area contributed by atoms with Crippen molar-refractivity contribution in [3.63, 3.8) is 0 Å². The average molecular weight is 718 g/mol. The van der Waals surface area contributed by atoms with Crippen LogP contribution in [0.3, 0.4) is 0 Å². The summed E-state index contributed by atoms with van der Waals surface area (Å²) < 4.78 is 41.3. The number of methoxy groups -OCH3 is 1. The van der Waals surface area contributed by atoms with E-state index in [4.69, 9.17) is 38.9 Å². The maximum Gasteiger partial charge on any atom is 0.339 e. The van der Waals surface area contributed by atoms with E-state index in [1.165, 1.54) is 19.2 Å². The highest BCUT2D eigenvalue weighted by Gasteiger charge is 2.57. The molecule has 0 aromatic heterocycles. The molecule has 3 saturated heterocycles. The zero-order chi connectivity index (χ0) is 36.8. The van der Waals surface area contributed by atoms with Gasteiger partial charge in [-0.25, -0.2) is 9.59 Å². The molecule has 9 atom stereocenters. The number of carbonyl (C=O) groups excluding carboxylic acids is 3. The van der Waals surface area contributed by atoms with Gasteiger partial charge in [-0.3, -0.25) is 4.79 Å². The zero-order valence-electron chi connectivity index (χ0n) is 29.4. The molecule has 51 heavy (non-hydrogen) atoms. The van der Waals surface area contributed by atoms with Gasteiger partial charge in [0.05, 0.1) is 62.8 Å². The Kier molecular flexibility index (Phi) is 12.9. The van der Waals surface area contributed by atoms with Crippen molar-refractivity contribution in [3.05, 3.63) is 53.6 Å². The molecule has 1 aromatic rings. The van der Waals surface area contributed by atoms with Crippen molar-refractivity contribution in [2.24, 2.45) is 5.41 Å². The normalized spacial score (nSPS) is 36.3. The highest BCUT2D eigenvalue weighted by molar-refractivity contribution is 5.91. The second kappa shape index (κ2) is 17.0. The van der Waals surface area contributed by atoms with Crippen LogP contribution < -0.4 is 5.73 Å². The minimum Gasteiger partial charge on any atom is -0.466 e. The van der Waals surface area contributed by atoms with Crippen LogP contribution in [0.25, 0.3) is 0 Å². The molecule has 0 aliphatic carbocycles. The van der Waals surface area contributed by atoms with E-state index in [0.717, 1.165) is 25.3 Å². The molecule has 0 unspecified atom stereocenters. The Morgan fingerprint density at radius 2 is 1.78 bits per heavy atom. The summed E-state index contributed by atoms with van der Waals surface area (Å²) >= 11 is 0. The van der Waals surface area contributed by atoms with Gasteiger partial charge in [0.2, 0.25) is 5.79 Å². The van der Waals surface area contributed by atoms with Crippen LogP contribution in [0.5, 0.6) is 0 Å². The molecule has 4 heterocycles. The van der Waals surface area contributed by atoms with Gasteiger partial charge in [0.15, 0.2) is 12.4 Å². The van der Waals surface area contributed by atoms with Gasteiger partial charge in [0, 0.05) is 30.0 Å². The Hall–Kier alpha value is -3.37. The summed E-state index contributed by atoms with van der Waals surface area (Å²) in [6.07, 6.45) is 2.08. The van der Waals surface area contributed by atoms with Crippen LogP contribution in [0, 0.1) is 5.41 Å². The molecule has 5 rings (SSSR count). The molecule has 0 spiro atoms. The summed E-state index contributed by atoms with van der Waals surface area (Å²) in [5.74, 6) is -4.67. The van der Waals surface area contributed by atoms with Gasteiger partial charge >= 0.3 is 17.9 Å². The first-order valence-electron chi connectivity index (χ1n) is 17.6. The van der Waals surface area contributed by atoms with Gasteiger partial charge in [0.1, 0.15) is 6.10 Å².